The van der Waals surface area contributed by atoms with Gasteiger partial charge < -0.3 is 10.2 Å². The van der Waals surface area contributed by atoms with Crippen LogP contribution in [0.4, 0.5) is 0 Å². The van der Waals surface area contributed by atoms with Crippen molar-refractivity contribution in [1.29, 1.82) is 0 Å². The molecule has 2 fully saturated rings. The SMILES string of the molecule is CN(C)C1(CNC2CC3CC=CC32)CCCCC1. The van der Waals surface area contributed by atoms with E-state index < -0.39 is 0 Å². The lowest BCUT2D eigenvalue weighted by molar-refractivity contribution is 0.0753. The first-order valence-corrected chi connectivity index (χ1v) is 7.79. The van der Waals surface area contributed by atoms with E-state index in [1.165, 1.54) is 51.5 Å². The molecule has 3 rings (SSSR count). The van der Waals surface area contributed by atoms with Gasteiger partial charge in [-0.05, 0) is 51.6 Å². The van der Waals surface area contributed by atoms with Gasteiger partial charge in [-0.25, -0.2) is 0 Å². The number of hydrogen-bond acceptors (Lipinski definition) is 2. The number of nitrogens with zero attached hydrogens (tertiary/aromatic N) is 1. The van der Waals surface area contributed by atoms with Gasteiger partial charge in [-0.1, -0.05) is 31.4 Å². The van der Waals surface area contributed by atoms with Gasteiger partial charge in [-0.3, -0.25) is 0 Å². The molecule has 3 unspecified atom stereocenters. The van der Waals surface area contributed by atoms with Gasteiger partial charge in [0, 0.05) is 18.1 Å². The van der Waals surface area contributed by atoms with Crippen LogP contribution in [0.3, 0.4) is 0 Å². The predicted molar refractivity (Wildman–Crippen MR) is 76.6 cm³/mol. The first kappa shape index (κ1) is 12.7. The van der Waals surface area contributed by atoms with E-state index in [2.05, 4.69) is 36.5 Å². The van der Waals surface area contributed by atoms with E-state index in [4.69, 9.17) is 0 Å². The Morgan fingerprint density at radius 2 is 2.00 bits per heavy atom. The van der Waals surface area contributed by atoms with Crippen LogP contribution < -0.4 is 5.32 Å². The first-order valence-electron chi connectivity index (χ1n) is 7.79. The molecule has 0 aromatic rings. The summed E-state index contributed by atoms with van der Waals surface area (Å²) < 4.78 is 0. The second kappa shape index (κ2) is 4.97. The van der Waals surface area contributed by atoms with Crippen molar-refractivity contribution in [3.8, 4) is 0 Å². The summed E-state index contributed by atoms with van der Waals surface area (Å²) in [5, 5.41) is 3.89. The standard InChI is InChI=1S/C16H28N2/c1-18(2)16(9-4-3-5-10-16)12-17-15-11-13-7-6-8-14(13)15/h6,8,13-15,17H,3-5,7,9-12H2,1-2H3. The second-order valence-corrected chi connectivity index (χ2v) is 6.90. The Bertz CT molecular complexity index is 315. The first-order chi connectivity index (χ1) is 8.71. The van der Waals surface area contributed by atoms with Crippen LogP contribution >= 0.6 is 0 Å². The average molecular weight is 248 g/mol. The Labute approximate surface area is 112 Å². The van der Waals surface area contributed by atoms with Crippen molar-refractivity contribution in [2.75, 3.05) is 20.6 Å². The van der Waals surface area contributed by atoms with E-state index in [0.29, 0.717) is 5.54 Å². The van der Waals surface area contributed by atoms with E-state index in [0.717, 1.165) is 17.9 Å². The van der Waals surface area contributed by atoms with E-state index in [1.807, 2.05) is 0 Å². The molecule has 0 aromatic carbocycles. The van der Waals surface area contributed by atoms with Gasteiger partial charge in [0.1, 0.15) is 0 Å². The molecule has 0 aliphatic heterocycles. The van der Waals surface area contributed by atoms with Gasteiger partial charge >= 0.3 is 0 Å². The van der Waals surface area contributed by atoms with Gasteiger partial charge in [0.2, 0.25) is 0 Å². The maximum atomic E-state index is 3.89. The molecule has 2 saturated carbocycles. The summed E-state index contributed by atoms with van der Waals surface area (Å²) in [6.07, 6.45) is 14.6. The van der Waals surface area contributed by atoms with Crippen LogP contribution in [0.1, 0.15) is 44.9 Å². The third-order valence-corrected chi connectivity index (χ3v) is 5.79. The molecule has 0 amide bonds. The molecule has 18 heavy (non-hydrogen) atoms. The highest BCUT2D eigenvalue weighted by molar-refractivity contribution is 5.13. The summed E-state index contributed by atoms with van der Waals surface area (Å²) in [6, 6.07) is 0.771. The molecule has 3 aliphatic carbocycles. The van der Waals surface area contributed by atoms with Gasteiger partial charge in [-0.2, -0.15) is 0 Å². The van der Waals surface area contributed by atoms with Gasteiger partial charge in [0.15, 0.2) is 0 Å². The van der Waals surface area contributed by atoms with Gasteiger partial charge in [0.05, 0.1) is 0 Å². The average Bonchev–Trinajstić information content (AvgIpc) is 2.72. The monoisotopic (exact) mass is 248 g/mol. The fourth-order valence-electron chi connectivity index (χ4n) is 4.26. The molecular weight excluding hydrogens is 220 g/mol. The molecule has 3 atom stereocenters. The lowest BCUT2D eigenvalue weighted by Crippen LogP contribution is -2.58. The number of hydrogen-bond donors (Lipinski definition) is 1. The maximum Gasteiger partial charge on any atom is 0.0327 e. The van der Waals surface area contributed by atoms with E-state index in [9.17, 15) is 0 Å². The fourth-order valence-corrected chi connectivity index (χ4v) is 4.26. The molecule has 102 valence electrons. The molecular formula is C16H28N2. The van der Waals surface area contributed by atoms with E-state index >= 15 is 0 Å². The van der Waals surface area contributed by atoms with Crippen molar-refractivity contribution in [2.24, 2.45) is 11.8 Å². The van der Waals surface area contributed by atoms with Crippen LogP contribution in [-0.2, 0) is 0 Å². The quantitative estimate of drug-likeness (QED) is 0.770. The predicted octanol–water partition coefficient (Wildman–Crippen LogP) is 2.81. The van der Waals surface area contributed by atoms with Crippen molar-refractivity contribution in [3.05, 3.63) is 12.2 Å². The minimum absolute atomic E-state index is 0.436. The topological polar surface area (TPSA) is 15.3 Å². The van der Waals surface area contributed by atoms with Crippen LogP contribution in [0.2, 0.25) is 0 Å². The normalized spacial score (nSPS) is 37.6. The van der Waals surface area contributed by atoms with Crippen LogP contribution in [0.25, 0.3) is 0 Å². The molecule has 0 heterocycles. The largest absolute Gasteiger partial charge is 0.312 e. The molecule has 0 saturated heterocycles. The van der Waals surface area contributed by atoms with Crippen molar-refractivity contribution in [2.45, 2.75) is 56.5 Å². The van der Waals surface area contributed by atoms with E-state index in [-0.39, 0.29) is 0 Å². The highest BCUT2D eigenvalue weighted by Gasteiger charge is 2.42. The van der Waals surface area contributed by atoms with Crippen molar-refractivity contribution < 1.29 is 0 Å². The zero-order valence-electron chi connectivity index (χ0n) is 12.0. The number of nitrogens with one attached hydrogen (secondary N) is 1. The molecule has 0 radical (unpaired) electrons. The van der Waals surface area contributed by atoms with Crippen molar-refractivity contribution in [1.82, 2.24) is 10.2 Å². The Balaban J connectivity index is 1.55. The van der Waals surface area contributed by atoms with Gasteiger partial charge in [0.25, 0.3) is 0 Å². The Kier molecular flexibility index (Phi) is 3.50. The fraction of sp³-hybridized carbons (Fsp3) is 0.875. The van der Waals surface area contributed by atoms with Crippen molar-refractivity contribution in [3.63, 3.8) is 0 Å². The summed E-state index contributed by atoms with van der Waals surface area (Å²) in [6.45, 7) is 1.20. The molecule has 2 nitrogen and oxygen atoms in total. The second-order valence-electron chi connectivity index (χ2n) is 6.90. The van der Waals surface area contributed by atoms with E-state index in [1.54, 1.807) is 0 Å². The number of allylic oxidation sites excluding steroid dienone is 1. The smallest absolute Gasteiger partial charge is 0.0327 e. The minimum Gasteiger partial charge on any atom is -0.312 e. The number of likely N-dealkylation sites (N-methyl/N-ethyl adjacent to an activating group) is 1. The van der Waals surface area contributed by atoms with Crippen LogP contribution in [0.15, 0.2) is 12.2 Å². The zero-order chi connectivity index (χ0) is 12.6. The third kappa shape index (κ3) is 2.14. The highest BCUT2D eigenvalue weighted by Crippen LogP contribution is 2.43. The summed E-state index contributed by atoms with van der Waals surface area (Å²) >= 11 is 0. The number of rotatable bonds is 4. The van der Waals surface area contributed by atoms with Crippen LogP contribution in [0.5, 0.6) is 0 Å². The van der Waals surface area contributed by atoms with Crippen LogP contribution in [0, 0.1) is 11.8 Å². The molecule has 3 aliphatic rings. The highest BCUT2D eigenvalue weighted by atomic mass is 15.2. The molecule has 0 aromatic heterocycles. The Hall–Kier alpha value is -0.340. The lowest BCUT2D eigenvalue weighted by Gasteiger charge is -2.47. The molecule has 2 heteroatoms. The van der Waals surface area contributed by atoms with Crippen LogP contribution in [-0.4, -0.2) is 37.1 Å². The minimum atomic E-state index is 0.436. The number of fused-ring (bicyclic) bond motifs is 1. The maximum absolute atomic E-state index is 3.89. The lowest BCUT2D eigenvalue weighted by atomic mass is 9.70. The molecule has 1 N–H and O–H groups in total. The molecule has 0 spiro atoms. The zero-order valence-corrected chi connectivity index (χ0v) is 12.0. The Morgan fingerprint density at radius 3 is 2.67 bits per heavy atom. The van der Waals surface area contributed by atoms with Crippen molar-refractivity contribution >= 4 is 0 Å². The summed E-state index contributed by atoms with van der Waals surface area (Å²) in [4.78, 5) is 2.49. The molecule has 0 bridgehead atoms. The summed E-state index contributed by atoms with van der Waals surface area (Å²) in [5.41, 5.74) is 0.436. The summed E-state index contributed by atoms with van der Waals surface area (Å²) in [5.74, 6) is 1.83. The summed E-state index contributed by atoms with van der Waals surface area (Å²) in [7, 11) is 4.54. The third-order valence-electron chi connectivity index (χ3n) is 5.79. The Morgan fingerprint density at radius 1 is 1.22 bits per heavy atom. The van der Waals surface area contributed by atoms with Gasteiger partial charge in [-0.15, -0.1) is 0 Å².